The van der Waals surface area contributed by atoms with E-state index in [1.807, 2.05) is 20.8 Å². The highest BCUT2D eigenvalue weighted by atomic mass is 32.2. The zero-order valence-electron chi connectivity index (χ0n) is 12.7. The predicted octanol–water partition coefficient (Wildman–Crippen LogP) is 1.87. The Bertz CT molecular complexity index is 568. The SMILES string of the molecule is CC(C)Oc1ccc(S(=O)(=O)N2CC[C@H](C)[C@@H]2CO)cc1. The highest BCUT2D eigenvalue weighted by Crippen LogP contribution is 2.30. The van der Waals surface area contributed by atoms with Gasteiger partial charge in [0.1, 0.15) is 5.75 Å². The molecule has 0 bridgehead atoms. The minimum absolute atomic E-state index is 0.0469. The van der Waals surface area contributed by atoms with E-state index in [1.165, 1.54) is 4.31 Å². The maximum atomic E-state index is 12.7. The van der Waals surface area contributed by atoms with Gasteiger partial charge in [-0.3, -0.25) is 0 Å². The molecule has 0 aliphatic carbocycles. The summed E-state index contributed by atoms with van der Waals surface area (Å²) in [5.74, 6) is 0.825. The van der Waals surface area contributed by atoms with Crippen molar-refractivity contribution in [2.75, 3.05) is 13.2 Å². The summed E-state index contributed by atoms with van der Waals surface area (Å²) >= 11 is 0. The number of aliphatic hydroxyl groups excluding tert-OH is 1. The molecule has 2 atom stereocenters. The molecule has 6 heteroatoms. The summed E-state index contributed by atoms with van der Waals surface area (Å²) in [6, 6.07) is 6.12. The number of hydrogen-bond acceptors (Lipinski definition) is 4. The molecule has 1 N–H and O–H groups in total. The third-order valence-corrected chi connectivity index (χ3v) is 5.76. The molecular weight excluding hydrogens is 290 g/mol. The van der Waals surface area contributed by atoms with Gasteiger partial charge >= 0.3 is 0 Å². The van der Waals surface area contributed by atoms with E-state index in [2.05, 4.69) is 0 Å². The van der Waals surface area contributed by atoms with Gasteiger partial charge in [-0.2, -0.15) is 4.31 Å². The zero-order valence-corrected chi connectivity index (χ0v) is 13.5. The molecular formula is C15H23NO4S. The molecule has 0 unspecified atom stereocenters. The van der Waals surface area contributed by atoms with E-state index in [9.17, 15) is 13.5 Å². The summed E-state index contributed by atoms with van der Waals surface area (Å²) in [5, 5.41) is 9.43. The fourth-order valence-corrected chi connectivity index (χ4v) is 4.37. The Labute approximate surface area is 126 Å². The van der Waals surface area contributed by atoms with Gasteiger partial charge in [0.25, 0.3) is 0 Å². The van der Waals surface area contributed by atoms with Crippen LogP contribution in [0.2, 0.25) is 0 Å². The molecule has 5 nitrogen and oxygen atoms in total. The molecule has 1 aromatic rings. The van der Waals surface area contributed by atoms with Crippen LogP contribution in [0.15, 0.2) is 29.2 Å². The quantitative estimate of drug-likeness (QED) is 0.901. The first kappa shape index (κ1) is 16.3. The van der Waals surface area contributed by atoms with Crippen molar-refractivity contribution in [1.29, 1.82) is 0 Å². The lowest BCUT2D eigenvalue weighted by Crippen LogP contribution is -2.39. The lowest BCUT2D eigenvalue weighted by atomic mass is 10.0. The fraction of sp³-hybridized carbons (Fsp3) is 0.600. The molecule has 1 aromatic carbocycles. The Hall–Kier alpha value is -1.11. The van der Waals surface area contributed by atoms with Gasteiger partial charge in [-0.1, -0.05) is 6.92 Å². The van der Waals surface area contributed by atoms with Crippen LogP contribution < -0.4 is 4.74 Å². The molecule has 0 radical (unpaired) electrons. The van der Waals surface area contributed by atoms with Gasteiger partial charge < -0.3 is 9.84 Å². The fourth-order valence-electron chi connectivity index (χ4n) is 2.64. The smallest absolute Gasteiger partial charge is 0.243 e. The van der Waals surface area contributed by atoms with Crippen molar-refractivity contribution in [1.82, 2.24) is 4.31 Å². The summed E-state index contributed by atoms with van der Waals surface area (Å²) in [7, 11) is -3.56. The largest absolute Gasteiger partial charge is 0.491 e. The number of nitrogens with zero attached hydrogens (tertiary/aromatic N) is 1. The van der Waals surface area contributed by atoms with E-state index in [0.29, 0.717) is 12.3 Å². The average Bonchev–Trinajstić information content (AvgIpc) is 2.80. The van der Waals surface area contributed by atoms with E-state index >= 15 is 0 Å². The molecule has 118 valence electrons. The number of hydrogen-bond donors (Lipinski definition) is 1. The van der Waals surface area contributed by atoms with Gasteiger partial charge in [-0.05, 0) is 50.5 Å². The first-order chi connectivity index (χ1) is 9.86. The summed E-state index contributed by atoms with van der Waals surface area (Å²) in [5.41, 5.74) is 0. The molecule has 0 spiro atoms. The predicted molar refractivity (Wildman–Crippen MR) is 80.8 cm³/mol. The van der Waals surface area contributed by atoms with E-state index in [4.69, 9.17) is 4.74 Å². The first-order valence-corrected chi connectivity index (χ1v) is 8.69. The van der Waals surface area contributed by atoms with Crippen molar-refractivity contribution in [2.45, 2.75) is 44.2 Å². The topological polar surface area (TPSA) is 66.8 Å². The van der Waals surface area contributed by atoms with Crippen molar-refractivity contribution in [3.05, 3.63) is 24.3 Å². The summed E-state index contributed by atoms with van der Waals surface area (Å²) in [4.78, 5) is 0.242. The van der Waals surface area contributed by atoms with Gasteiger partial charge in [-0.25, -0.2) is 8.42 Å². The van der Waals surface area contributed by atoms with Gasteiger partial charge in [0.15, 0.2) is 0 Å². The second-order valence-corrected chi connectivity index (χ2v) is 7.66. The molecule has 0 aromatic heterocycles. The maximum absolute atomic E-state index is 12.7. The Balaban J connectivity index is 2.23. The van der Waals surface area contributed by atoms with E-state index in [-0.39, 0.29) is 29.6 Å². The number of benzene rings is 1. The van der Waals surface area contributed by atoms with Gasteiger partial charge in [0.2, 0.25) is 10.0 Å². The average molecular weight is 313 g/mol. The highest BCUT2D eigenvalue weighted by Gasteiger charge is 2.39. The van der Waals surface area contributed by atoms with Crippen LogP contribution in [0.25, 0.3) is 0 Å². The zero-order chi connectivity index (χ0) is 15.6. The summed E-state index contributed by atoms with van der Waals surface area (Å²) < 4.78 is 32.2. The number of rotatable bonds is 5. The van der Waals surface area contributed by atoms with Gasteiger partial charge in [0, 0.05) is 6.54 Å². The van der Waals surface area contributed by atoms with Crippen LogP contribution in [-0.2, 0) is 10.0 Å². The van der Waals surface area contributed by atoms with Crippen LogP contribution in [0.3, 0.4) is 0 Å². The van der Waals surface area contributed by atoms with Crippen molar-refractivity contribution in [3.8, 4) is 5.75 Å². The van der Waals surface area contributed by atoms with Crippen molar-refractivity contribution < 1.29 is 18.3 Å². The van der Waals surface area contributed by atoms with Crippen LogP contribution in [-0.4, -0.2) is 43.1 Å². The van der Waals surface area contributed by atoms with Gasteiger partial charge in [0.05, 0.1) is 23.6 Å². The summed E-state index contributed by atoms with van der Waals surface area (Å²) in [6.45, 7) is 6.12. The second kappa shape index (κ2) is 6.34. The Morgan fingerprint density at radius 3 is 2.48 bits per heavy atom. The van der Waals surface area contributed by atoms with Gasteiger partial charge in [-0.15, -0.1) is 0 Å². The Kier molecular flexibility index (Phi) is 4.91. The van der Waals surface area contributed by atoms with Crippen molar-refractivity contribution >= 4 is 10.0 Å². The van der Waals surface area contributed by atoms with E-state index in [1.54, 1.807) is 24.3 Å². The Morgan fingerprint density at radius 2 is 1.95 bits per heavy atom. The van der Waals surface area contributed by atoms with E-state index < -0.39 is 10.0 Å². The number of aliphatic hydroxyl groups is 1. The molecule has 1 aliphatic heterocycles. The maximum Gasteiger partial charge on any atom is 0.243 e. The molecule has 1 aliphatic rings. The lowest BCUT2D eigenvalue weighted by Gasteiger charge is -2.24. The number of ether oxygens (including phenoxy) is 1. The molecule has 0 saturated carbocycles. The third kappa shape index (κ3) is 3.39. The van der Waals surface area contributed by atoms with Crippen LogP contribution in [0, 0.1) is 5.92 Å². The summed E-state index contributed by atoms with van der Waals surface area (Å²) in [6.07, 6.45) is 0.824. The minimum atomic E-state index is -3.56. The third-order valence-electron chi connectivity index (χ3n) is 3.82. The van der Waals surface area contributed by atoms with Crippen molar-refractivity contribution in [3.63, 3.8) is 0 Å². The van der Waals surface area contributed by atoms with Crippen LogP contribution >= 0.6 is 0 Å². The minimum Gasteiger partial charge on any atom is -0.491 e. The molecule has 1 heterocycles. The standard InChI is InChI=1S/C15H23NO4S/c1-11(2)20-13-4-6-14(7-5-13)21(18,19)16-9-8-12(3)15(16)10-17/h4-7,11-12,15,17H,8-10H2,1-3H3/t12-,15-/m0/s1. The first-order valence-electron chi connectivity index (χ1n) is 7.25. The highest BCUT2D eigenvalue weighted by molar-refractivity contribution is 7.89. The number of sulfonamides is 1. The van der Waals surface area contributed by atoms with Crippen molar-refractivity contribution in [2.24, 2.45) is 5.92 Å². The normalized spacial score (nSPS) is 23.7. The molecule has 1 saturated heterocycles. The molecule has 0 amide bonds. The monoisotopic (exact) mass is 313 g/mol. The van der Waals surface area contributed by atoms with E-state index in [0.717, 1.165) is 6.42 Å². The Morgan fingerprint density at radius 1 is 1.33 bits per heavy atom. The second-order valence-electron chi connectivity index (χ2n) is 5.77. The van der Waals surface area contributed by atoms with Crippen LogP contribution in [0.5, 0.6) is 5.75 Å². The van der Waals surface area contributed by atoms with Crippen LogP contribution in [0.1, 0.15) is 27.2 Å². The molecule has 1 fully saturated rings. The lowest BCUT2D eigenvalue weighted by molar-refractivity contribution is 0.191. The molecule has 21 heavy (non-hydrogen) atoms. The van der Waals surface area contributed by atoms with Crippen LogP contribution in [0.4, 0.5) is 0 Å². The molecule has 2 rings (SSSR count).